The number of carbonyl (C=O) groups excluding carboxylic acids is 2. The summed E-state index contributed by atoms with van der Waals surface area (Å²) in [7, 11) is 0. The molecule has 1 N–H and O–H groups in total. The van der Waals surface area contributed by atoms with Crippen molar-refractivity contribution >= 4 is 11.9 Å². The van der Waals surface area contributed by atoms with E-state index in [0.29, 0.717) is 0 Å². The number of hydrogen-bond acceptors (Lipinski definition) is 5. The lowest BCUT2D eigenvalue weighted by Crippen LogP contribution is -2.32. The van der Waals surface area contributed by atoms with Crippen LogP contribution in [0.25, 0.3) is 0 Å². The number of ether oxygens (including phenoxy) is 2. The van der Waals surface area contributed by atoms with Gasteiger partial charge in [-0.3, -0.25) is 14.9 Å². The summed E-state index contributed by atoms with van der Waals surface area (Å²) < 4.78 is 9.72. The van der Waals surface area contributed by atoms with Gasteiger partial charge in [-0.2, -0.15) is 0 Å². The molecule has 0 aromatic carbocycles. The molecule has 0 atom stereocenters. The number of esters is 2. The van der Waals surface area contributed by atoms with Gasteiger partial charge < -0.3 is 9.47 Å². The van der Waals surface area contributed by atoms with E-state index in [4.69, 9.17) is 9.47 Å². The van der Waals surface area contributed by atoms with Crippen LogP contribution in [0.15, 0.2) is 0 Å². The highest BCUT2D eigenvalue weighted by atomic mass is 16.5. The number of rotatable bonds is 6. The first-order valence-corrected chi connectivity index (χ1v) is 5.01. The van der Waals surface area contributed by atoms with Crippen LogP contribution in [-0.2, 0) is 19.1 Å². The van der Waals surface area contributed by atoms with E-state index < -0.39 is 0 Å². The molecular formula is C10H19NO4. The van der Waals surface area contributed by atoms with Crippen LogP contribution in [0.5, 0.6) is 0 Å². The maximum atomic E-state index is 11.0. The van der Waals surface area contributed by atoms with Gasteiger partial charge in [0.25, 0.3) is 0 Å². The lowest BCUT2D eigenvalue weighted by Gasteiger charge is -2.10. The Hall–Kier alpha value is -1.10. The molecule has 0 radical (unpaired) electrons. The molecule has 88 valence electrons. The molecule has 0 aliphatic heterocycles. The molecule has 0 amide bonds. The van der Waals surface area contributed by atoms with Gasteiger partial charge in [0.1, 0.15) is 0 Å². The maximum Gasteiger partial charge on any atom is 0.320 e. The SMILES string of the molecule is CC(C)OC(=O)CNCC(=O)OC(C)C. The second-order valence-electron chi connectivity index (χ2n) is 3.68. The molecule has 5 heteroatoms. The monoisotopic (exact) mass is 217 g/mol. The summed E-state index contributed by atoms with van der Waals surface area (Å²) >= 11 is 0. The summed E-state index contributed by atoms with van der Waals surface area (Å²) in [5.41, 5.74) is 0. The largest absolute Gasteiger partial charge is 0.462 e. The van der Waals surface area contributed by atoms with Crippen LogP contribution in [0, 0.1) is 0 Å². The van der Waals surface area contributed by atoms with Gasteiger partial charge in [0.15, 0.2) is 0 Å². The zero-order valence-electron chi connectivity index (χ0n) is 9.70. The van der Waals surface area contributed by atoms with Crippen molar-refractivity contribution in [3.8, 4) is 0 Å². The third kappa shape index (κ3) is 9.21. The van der Waals surface area contributed by atoms with Crippen molar-refractivity contribution in [2.75, 3.05) is 13.1 Å². The minimum absolute atomic E-state index is 0.0192. The molecule has 0 aliphatic carbocycles. The van der Waals surface area contributed by atoms with E-state index in [1.807, 2.05) is 0 Å². The highest BCUT2D eigenvalue weighted by molar-refractivity contribution is 5.75. The summed E-state index contributed by atoms with van der Waals surface area (Å²) in [5.74, 6) is -0.746. The number of hydrogen-bond donors (Lipinski definition) is 1. The predicted molar refractivity (Wildman–Crippen MR) is 55.3 cm³/mol. The molecule has 0 saturated heterocycles. The molecule has 5 nitrogen and oxygen atoms in total. The van der Waals surface area contributed by atoms with Crippen LogP contribution in [0.1, 0.15) is 27.7 Å². The van der Waals surface area contributed by atoms with Gasteiger partial charge in [-0.25, -0.2) is 0 Å². The highest BCUT2D eigenvalue weighted by Crippen LogP contribution is 1.89. The van der Waals surface area contributed by atoms with Gasteiger partial charge in [-0.1, -0.05) is 0 Å². The fraction of sp³-hybridized carbons (Fsp3) is 0.800. The Balaban J connectivity index is 3.53. The molecule has 0 rings (SSSR count). The first kappa shape index (κ1) is 13.9. The Morgan fingerprint density at radius 2 is 1.27 bits per heavy atom. The molecule has 15 heavy (non-hydrogen) atoms. The average molecular weight is 217 g/mol. The lowest BCUT2D eigenvalue weighted by molar-refractivity contribution is -0.147. The van der Waals surface area contributed by atoms with E-state index in [2.05, 4.69) is 5.32 Å². The van der Waals surface area contributed by atoms with Crippen LogP contribution in [0.2, 0.25) is 0 Å². The zero-order valence-corrected chi connectivity index (χ0v) is 9.70. The van der Waals surface area contributed by atoms with E-state index in [-0.39, 0.29) is 37.2 Å². The van der Waals surface area contributed by atoms with Gasteiger partial charge in [0.05, 0.1) is 25.3 Å². The molecule has 0 fully saturated rings. The fourth-order valence-corrected chi connectivity index (χ4v) is 0.876. The lowest BCUT2D eigenvalue weighted by atomic mass is 10.4. The van der Waals surface area contributed by atoms with E-state index in [1.54, 1.807) is 27.7 Å². The van der Waals surface area contributed by atoms with Crippen LogP contribution in [0.4, 0.5) is 0 Å². The Morgan fingerprint density at radius 1 is 0.933 bits per heavy atom. The van der Waals surface area contributed by atoms with Gasteiger partial charge >= 0.3 is 11.9 Å². The first-order chi connectivity index (χ1) is 6.91. The summed E-state index contributed by atoms with van der Waals surface area (Å²) in [6, 6.07) is 0. The third-order valence-electron chi connectivity index (χ3n) is 1.27. The number of carbonyl (C=O) groups is 2. The highest BCUT2D eigenvalue weighted by Gasteiger charge is 2.08. The van der Waals surface area contributed by atoms with Crippen LogP contribution < -0.4 is 5.32 Å². The van der Waals surface area contributed by atoms with Gasteiger partial charge in [-0.05, 0) is 27.7 Å². The normalized spacial score (nSPS) is 10.5. The maximum absolute atomic E-state index is 11.0. The molecule has 0 aromatic heterocycles. The van der Waals surface area contributed by atoms with E-state index in [0.717, 1.165) is 0 Å². The standard InChI is InChI=1S/C10H19NO4/c1-7(2)14-9(12)5-11-6-10(13)15-8(3)4/h7-8,11H,5-6H2,1-4H3. The quantitative estimate of drug-likeness (QED) is 0.655. The zero-order chi connectivity index (χ0) is 11.8. The second-order valence-corrected chi connectivity index (χ2v) is 3.68. The van der Waals surface area contributed by atoms with Crippen LogP contribution in [0.3, 0.4) is 0 Å². The molecule has 0 bridgehead atoms. The van der Waals surface area contributed by atoms with Crippen molar-refractivity contribution in [2.45, 2.75) is 39.9 Å². The Kier molecular flexibility index (Phi) is 6.70. The molecule has 0 aliphatic rings. The molecule has 0 aromatic rings. The van der Waals surface area contributed by atoms with Crippen LogP contribution >= 0.6 is 0 Å². The minimum atomic E-state index is -0.373. The van der Waals surface area contributed by atoms with E-state index in [1.165, 1.54) is 0 Å². The van der Waals surface area contributed by atoms with E-state index >= 15 is 0 Å². The third-order valence-corrected chi connectivity index (χ3v) is 1.27. The summed E-state index contributed by atoms with van der Waals surface area (Å²) in [6.07, 6.45) is -0.274. The second kappa shape index (κ2) is 7.23. The van der Waals surface area contributed by atoms with Crippen molar-refractivity contribution in [1.82, 2.24) is 5.32 Å². The van der Waals surface area contributed by atoms with Crippen molar-refractivity contribution in [1.29, 1.82) is 0 Å². The number of nitrogens with one attached hydrogen (secondary N) is 1. The molecule has 0 heterocycles. The Bertz CT molecular complexity index is 191. The molecule has 0 saturated carbocycles. The topological polar surface area (TPSA) is 64.6 Å². The van der Waals surface area contributed by atoms with Gasteiger partial charge in [0, 0.05) is 0 Å². The molecular weight excluding hydrogens is 198 g/mol. The first-order valence-electron chi connectivity index (χ1n) is 5.01. The summed E-state index contributed by atoms with van der Waals surface area (Å²) in [4.78, 5) is 22.0. The fourth-order valence-electron chi connectivity index (χ4n) is 0.876. The molecule has 0 spiro atoms. The summed E-state index contributed by atoms with van der Waals surface area (Å²) in [6.45, 7) is 7.11. The smallest absolute Gasteiger partial charge is 0.320 e. The van der Waals surface area contributed by atoms with E-state index in [9.17, 15) is 9.59 Å². The van der Waals surface area contributed by atoms with Crippen molar-refractivity contribution in [3.05, 3.63) is 0 Å². The summed E-state index contributed by atoms with van der Waals surface area (Å²) in [5, 5.41) is 2.65. The predicted octanol–water partition coefficient (Wildman–Crippen LogP) is 0.479. The Morgan fingerprint density at radius 3 is 1.53 bits per heavy atom. The average Bonchev–Trinajstić information content (AvgIpc) is 2.00. The van der Waals surface area contributed by atoms with Crippen LogP contribution in [-0.4, -0.2) is 37.2 Å². The van der Waals surface area contributed by atoms with Crippen molar-refractivity contribution in [2.24, 2.45) is 0 Å². The van der Waals surface area contributed by atoms with Crippen molar-refractivity contribution in [3.63, 3.8) is 0 Å². The minimum Gasteiger partial charge on any atom is -0.462 e. The Labute approximate surface area is 90.1 Å². The molecule has 0 unspecified atom stereocenters. The van der Waals surface area contributed by atoms with Gasteiger partial charge in [0.2, 0.25) is 0 Å². The van der Waals surface area contributed by atoms with Gasteiger partial charge in [-0.15, -0.1) is 0 Å². The van der Waals surface area contributed by atoms with Crippen molar-refractivity contribution < 1.29 is 19.1 Å².